The molecule has 0 amide bonds. The Hall–Kier alpha value is -1.76. The molecule has 1 aromatic rings. The van der Waals surface area contributed by atoms with Gasteiger partial charge in [-0.05, 0) is 6.92 Å². The predicted molar refractivity (Wildman–Crippen MR) is 46.8 cm³/mol. The summed E-state index contributed by atoms with van der Waals surface area (Å²) in [5.74, 6) is 2.69. The van der Waals surface area contributed by atoms with Crippen LogP contribution in [-0.2, 0) is 0 Å². The van der Waals surface area contributed by atoms with Crippen molar-refractivity contribution >= 4 is 5.82 Å². The smallest absolute Gasteiger partial charge is 0.290 e. The Morgan fingerprint density at radius 2 is 2.58 bits per heavy atom. The predicted octanol–water partition coefficient (Wildman–Crippen LogP) is 0.203. The Balaban J connectivity index is 2.85. The maximum atomic E-state index is 11.0. The molecule has 0 bridgehead atoms. The van der Waals surface area contributed by atoms with E-state index in [-0.39, 0.29) is 17.4 Å². The molecule has 1 aromatic heterocycles. The molecule has 0 radical (unpaired) electrons. The molecule has 4 heteroatoms. The van der Waals surface area contributed by atoms with Crippen LogP contribution in [0.3, 0.4) is 0 Å². The number of hydrogen-bond donors (Lipinski definition) is 2. The summed E-state index contributed by atoms with van der Waals surface area (Å²) in [5.41, 5.74) is -0.264. The lowest BCUT2D eigenvalue weighted by atomic mass is 10.3. The van der Waals surface area contributed by atoms with Gasteiger partial charge in [-0.1, -0.05) is 5.92 Å². The van der Waals surface area contributed by atoms with Gasteiger partial charge in [0.2, 0.25) is 0 Å². The van der Waals surface area contributed by atoms with Gasteiger partial charge in [-0.15, -0.1) is 6.42 Å². The Morgan fingerprint density at radius 1 is 1.83 bits per heavy atom. The van der Waals surface area contributed by atoms with Crippen LogP contribution in [0.2, 0.25) is 0 Å². The van der Waals surface area contributed by atoms with Crippen LogP contribution in [0, 0.1) is 12.3 Å². The SMILES string of the molecule is C#CC(C)Nc1ncc[nH]c1=O. The molecule has 0 saturated carbocycles. The van der Waals surface area contributed by atoms with E-state index in [4.69, 9.17) is 6.42 Å². The van der Waals surface area contributed by atoms with Crippen molar-refractivity contribution < 1.29 is 0 Å². The summed E-state index contributed by atoms with van der Waals surface area (Å²) >= 11 is 0. The summed E-state index contributed by atoms with van der Waals surface area (Å²) in [6.07, 6.45) is 8.08. The first kappa shape index (κ1) is 8.34. The fourth-order valence-corrected chi connectivity index (χ4v) is 0.701. The number of aromatic amines is 1. The second-order valence-corrected chi connectivity index (χ2v) is 2.30. The van der Waals surface area contributed by atoms with Gasteiger partial charge in [0, 0.05) is 12.4 Å². The van der Waals surface area contributed by atoms with Crippen LogP contribution in [0.25, 0.3) is 0 Å². The lowest BCUT2D eigenvalue weighted by molar-refractivity contribution is 0.990. The molecular weight excluding hydrogens is 154 g/mol. The second-order valence-electron chi connectivity index (χ2n) is 2.30. The highest BCUT2D eigenvalue weighted by Gasteiger charge is 2.01. The van der Waals surface area contributed by atoms with Crippen molar-refractivity contribution in [3.05, 3.63) is 22.7 Å². The zero-order valence-electron chi connectivity index (χ0n) is 6.66. The van der Waals surface area contributed by atoms with E-state index in [0.29, 0.717) is 0 Å². The number of hydrogen-bond acceptors (Lipinski definition) is 3. The Bertz CT molecular complexity index is 350. The van der Waals surface area contributed by atoms with E-state index in [1.54, 1.807) is 6.92 Å². The molecule has 0 aliphatic rings. The first-order chi connectivity index (χ1) is 5.74. The molecular formula is C8H9N3O. The van der Waals surface area contributed by atoms with Crippen molar-refractivity contribution in [2.24, 2.45) is 0 Å². The summed E-state index contributed by atoms with van der Waals surface area (Å²) in [6, 6.07) is -0.194. The van der Waals surface area contributed by atoms with Crippen LogP contribution in [0.5, 0.6) is 0 Å². The monoisotopic (exact) mass is 163 g/mol. The van der Waals surface area contributed by atoms with Crippen molar-refractivity contribution in [3.8, 4) is 12.3 Å². The molecule has 0 fully saturated rings. The standard InChI is InChI=1S/C8H9N3O/c1-3-6(2)11-7-8(12)10-5-4-9-7/h1,4-6H,2H3,(H,9,11)(H,10,12). The maximum Gasteiger partial charge on any atom is 0.290 e. The molecule has 1 unspecified atom stereocenters. The first-order valence-corrected chi connectivity index (χ1v) is 3.50. The van der Waals surface area contributed by atoms with Crippen LogP contribution < -0.4 is 10.9 Å². The molecule has 2 N–H and O–H groups in total. The third-order valence-corrected chi connectivity index (χ3v) is 1.31. The lowest BCUT2D eigenvalue weighted by Gasteiger charge is -2.05. The molecule has 0 spiro atoms. The number of H-pyrrole nitrogens is 1. The summed E-state index contributed by atoms with van der Waals surface area (Å²) in [6.45, 7) is 1.77. The van der Waals surface area contributed by atoms with Gasteiger partial charge in [-0.2, -0.15) is 0 Å². The zero-order valence-corrected chi connectivity index (χ0v) is 6.66. The van der Waals surface area contributed by atoms with Crippen molar-refractivity contribution in [2.75, 3.05) is 5.32 Å². The Labute approximate surface area is 70.0 Å². The fraction of sp³-hybridized carbons (Fsp3) is 0.250. The second kappa shape index (κ2) is 3.58. The highest BCUT2D eigenvalue weighted by atomic mass is 16.1. The van der Waals surface area contributed by atoms with Gasteiger partial charge in [-0.25, -0.2) is 4.98 Å². The first-order valence-electron chi connectivity index (χ1n) is 3.50. The number of nitrogens with zero attached hydrogens (tertiary/aromatic N) is 1. The van der Waals surface area contributed by atoms with Crippen LogP contribution >= 0.6 is 0 Å². The number of anilines is 1. The van der Waals surface area contributed by atoms with Gasteiger partial charge in [0.25, 0.3) is 5.56 Å². The average Bonchev–Trinajstić information content (AvgIpc) is 2.09. The Kier molecular flexibility index (Phi) is 2.49. The van der Waals surface area contributed by atoms with Gasteiger partial charge < -0.3 is 10.3 Å². The van der Waals surface area contributed by atoms with Gasteiger partial charge >= 0.3 is 0 Å². The summed E-state index contributed by atoms with van der Waals surface area (Å²) in [5, 5.41) is 2.77. The maximum absolute atomic E-state index is 11.0. The van der Waals surface area contributed by atoms with E-state index in [2.05, 4.69) is 21.2 Å². The van der Waals surface area contributed by atoms with Crippen molar-refractivity contribution in [1.29, 1.82) is 0 Å². The minimum atomic E-state index is -0.264. The summed E-state index contributed by atoms with van der Waals surface area (Å²) in [7, 11) is 0. The molecule has 1 rings (SSSR count). The molecule has 1 heterocycles. The largest absolute Gasteiger partial charge is 0.352 e. The van der Waals surface area contributed by atoms with E-state index in [1.165, 1.54) is 12.4 Å². The van der Waals surface area contributed by atoms with Crippen LogP contribution in [0.4, 0.5) is 5.82 Å². The topological polar surface area (TPSA) is 57.8 Å². The number of nitrogens with one attached hydrogen (secondary N) is 2. The minimum Gasteiger partial charge on any atom is -0.352 e. The zero-order chi connectivity index (χ0) is 8.97. The highest BCUT2D eigenvalue weighted by molar-refractivity contribution is 5.33. The highest BCUT2D eigenvalue weighted by Crippen LogP contribution is 1.92. The van der Waals surface area contributed by atoms with E-state index in [9.17, 15) is 4.79 Å². The van der Waals surface area contributed by atoms with E-state index < -0.39 is 0 Å². The molecule has 0 aromatic carbocycles. The number of terminal acetylenes is 1. The molecule has 62 valence electrons. The quantitative estimate of drug-likeness (QED) is 0.612. The van der Waals surface area contributed by atoms with Crippen molar-refractivity contribution in [1.82, 2.24) is 9.97 Å². The van der Waals surface area contributed by atoms with E-state index >= 15 is 0 Å². The Morgan fingerprint density at radius 3 is 3.17 bits per heavy atom. The summed E-state index contributed by atoms with van der Waals surface area (Å²) in [4.78, 5) is 17.3. The normalized spacial score (nSPS) is 11.7. The average molecular weight is 163 g/mol. The van der Waals surface area contributed by atoms with Gasteiger partial charge in [0.15, 0.2) is 5.82 Å². The summed E-state index contributed by atoms with van der Waals surface area (Å²) < 4.78 is 0. The number of aromatic nitrogens is 2. The molecule has 12 heavy (non-hydrogen) atoms. The molecule has 4 nitrogen and oxygen atoms in total. The fourth-order valence-electron chi connectivity index (χ4n) is 0.701. The third-order valence-electron chi connectivity index (χ3n) is 1.31. The lowest BCUT2D eigenvalue weighted by Crippen LogP contribution is -2.21. The number of rotatable bonds is 2. The molecule has 1 atom stereocenters. The molecule has 0 saturated heterocycles. The van der Waals surface area contributed by atoms with Crippen LogP contribution in [0.1, 0.15) is 6.92 Å². The van der Waals surface area contributed by atoms with E-state index in [1.807, 2.05) is 0 Å². The van der Waals surface area contributed by atoms with Gasteiger partial charge in [0.1, 0.15) is 0 Å². The van der Waals surface area contributed by atoms with Gasteiger partial charge in [0.05, 0.1) is 6.04 Å². The van der Waals surface area contributed by atoms with E-state index in [0.717, 1.165) is 0 Å². The van der Waals surface area contributed by atoms with Crippen molar-refractivity contribution in [2.45, 2.75) is 13.0 Å². The van der Waals surface area contributed by atoms with Crippen LogP contribution in [0.15, 0.2) is 17.2 Å². The molecule has 0 aliphatic heterocycles. The van der Waals surface area contributed by atoms with Crippen molar-refractivity contribution in [3.63, 3.8) is 0 Å². The third kappa shape index (κ3) is 1.86. The van der Waals surface area contributed by atoms with Crippen LogP contribution in [-0.4, -0.2) is 16.0 Å². The molecule has 0 aliphatic carbocycles. The minimum absolute atomic E-state index is 0.194. The van der Waals surface area contributed by atoms with Gasteiger partial charge in [-0.3, -0.25) is 4.79 Å².